The van der Waals surface area contributed by atoms with Gasteiger partial charge in [-0.25, -0.2) is 14.2 Å². The van der Waals surface area contributed by atoms with Crippen LogP contribution in [0.25, 0.3) is 16.7 Å². The largest absolute Gasteiger partial charge is 0.450 e. The van der Waals surface area contributed by atoms with Crippen molar-refractivity contribution in [2.24, 2.45) is 15.9 Å². The highest BCUT2D eigenvalue weighted by Gasteiger charge is 2.20. The van der Waals surface area contributed by atoms with Gasteiger partial charge in [0.25, 0.3) is 0 Å². The number of benzene rings is 2. The molecule has 1 aliphatic rings. The Bertz CT molecular complexity index is 1450. The number of carbonyl (C=O) groups is 1. The fourth-order valence-corrected chi connectivity index (χ4v) is 4.68. The van der Waals surface area contributed by atoms with Crippen molar-refractivity contribution in [3.05, 3.63) is 83.6 Å². The lowest BCUT2D eigenvalue weighted by Gasteiger charge is -2.11. The third-order valence-electron chi connectivity index (χ3n) is 6.92. The van der Waals surface area contributed by atoms with E-state index < -0.39 is 6.09 Å². The van der Waals surface area contributed by atoms with Gasteiger partial charge in [-0.05, 0) is 82.4 Å². The molecule has 204 valence electrons. The second-order valence-electron chi connectivity index (χ2n) is 10.1. The number of rotatable bonds is 11. The smallest absolute Gasteiger partial charge is 0.407 e. The normalized spacial score (nSPS) is 15.4. The number of alkyl carbamates (subject to hydrolysis) is 1. The van der Waals surface area contributed by atoms with Crippen molar-refractivity contribution in [3.8, 4) is 0 Å². The topological polar surface area (TPSA) is 80.9 Å². The summed E-state index contributed by atoms with van der Waals surface area (Å²) < 4.78 is 21.5. The van der Waals surface area contributed by atoms with Gasteiger partial charge < -0.3 is 14.6 Å². The zero-order chi connectivity index (χ0) is 27.9. The molecule has 7 nitrogen and oxygen atoms in total. The van der Waals surface area contributed by atoms with Crippen molar-refractivity contribution in [3.63, 3.8) is 0 Å². The molecular weight excluding hydrogens is 493 g/mol. The Morgan fingerprint density at radius 3 is 2.79 bits per heavy atom. The molecule has 4 rings (SSSR count). The molecule has 1 amide bonds. The number of aromatic nitrogens is 2. The first-order valence-corrected chi connectivity index (χ1v) is 13.3. The lowest BCUT2D eigenvalue weighted by Crippen LogP contribution is -2.24. The Hall–Kier alpha value is -4.07. The molecular formula is C31H36FN5O2. The summed E-state index contributed by atoms with van der Waals surface area (Å²) in [7, 11) is 0. The van der Waals surface area contributed by atoms with E-state index in [1.54, 1.807) is 18.2 Å². The fourth-order valence-electron chi connectivity index (χ4n) is 4.68. The molecule has 3 aromatic rings. The van der Waals surface area contributed by atoms with E-state index in [2.05, 4.69) is 51.3 Å². The van der Waals surface area contributed by atoms with Gasteiger partial charge in [0.1, 0.15) is 5.82 Å². The SMILES string of the molecule is C=C(/N=C(/C)C1=C(C)C(CCCCOC(=O)NCc2ccc3ncn(C(C)C)c3c2)C=N1)c1ccccc1F. The van der Waals surface area contributed by atoms with Crippen molar-refractivity contribution >= 4 is 34.7 Å². The fraction of sp³-hybridized carbons (Fsp3) is 0.355. The average Bonchev–Trinajstić information content (AvgIpc) is 3.50. The first-order valence-electron chi connectivity index (χ1n) is 13.3. The predicted molar refractivity (Wildman–Crippen MR) is 155 cm³/mol. The number of hydrogen-bond acceptors (Lipinski definition) is 5. The predicted octanol–water partition coefficient (Wildman–Crippen LogP) is 7.26. The molecule has 0 saturated carbocycles. The maximum atomic E-state index is 14.0. The Kier molecular flexibility index (Phi) is 9.07. The number of nitrogens with zero attached hydrogens (tertiary/aromatic N) is 4. The van der Waals surface area contributed by atoms with E-state index >= 15 is 0 Å². The van der Waals surface area contributed by atoms with Gasteiger partial charge >= 0.3 is 6.09 Å². The van der Waals surface area contributed by atoms with Gasteiger partial charge in [0.2, 0.25) is 0 Å². The van der Waals surface area contributed by atoms with E-state index in [0.29, 0.717) is 36.2 Å². The van der Waals surface area contributed by atoms with Crippen LogP contribution in [0.15, 0.2) is 76.6 Å². The zero-order valence-electron chi connectivity index (χ0n) is 23.1. The van der Waals surface area contributed by atoms with Gasteiger partial charge in [-0.3, -0.25) is 9.98 Å². The standard InChI is InChI=1S/C31H36FN5O2/c1-20(2)37-19-35-28-14-13-24(16-29(28)37)17-34-31(38)39-15-9-8-10-25-18-33-30(21(25)3)23(5)36-22(4)26-11-6-7-12-27(26)32/h6-7,11-14,16,18-20,25H,4,8-10,15,17H2,1-3,5H3,(H,34,38)/b36-23-. The van der Waals surface area contributed by atoms with Crippen LogP contribution in [0, 0.1) is 11.7 Å². The number of ether oxygens (including phenoxy) is 1. The number of hydrogen-bond donors (Lipinski definition) is 1. The number of fused-ring (bicyclic) bond motifs is 1. The van der Waals surface area contributed by atoms with Crippen molar-refractivity contribution in [1.82, 2.24) is 14.9 Å². The molecule has 1 aliphatic heterocycles. The van der Waals surface area contributed by atoms with Crippen LogP contribution in [0.5, 0.6) is 0 Å². The lowest BCUT2D eigenvalue weighted by molar-refractivity contribution is 0.143. The summed E-state index contributed by atoms with van der Waals surface area (Å²) in [4.78, 5) is 25.7. The van der Waals surface area contributed by atoms with Crippen LogP contribution in [0.3, 0.4) is 0 Å². The molecule has 1 N–H and O–H groups in total. The van der Waals surface area contributed by atoms with Crippen LogP contribution in [-0.2, 0) is 11.3 Å². The van der Waals surface area contributed by atoms with Gasteiger partial charge in [-0.15, -0.1) is 0 Å². The van der Waals surface area contributed by atoms with Crippen LogP contribution in [-0.4, -0.2) is 34.2 Å². The Morgan fingerprint density at radius 2 is 2.03 bits per heavy atom. The highest BCUT2D eigenvalue weighted by Crippen LogP contribution is 2.28. The summed E-state index contributed by atoms with van der Waals surface area (Å²) in [6.45, 7) is 12.8. The van der Waals surface area contributed by atoms with Crippen LogP contribution in [0.2, 0.25) is 0 Å². The van der Waals surface area contributed by atoms with E-state index in [1.807, 2.05) is 38.5 Å². The van der Waals surface area contributed by atoms with E-state index in [9.17, 15) is 9.18 Å². The highest BCUT2D eigenvalue weighted by molar-refractivity contribution is 6.04. The summed E-state index contributed by atoms with van der Waals surface area (Å²) in [6, 6.07) is 12.8. The molecule has 1 aromatic heterocycles. The third kappa shape index (κ3) is 6.88. The summed E-state index contributed by atoms with van der Waals surface area (Å²) in [5.41, 5.74) is 6.42. The molecule has 0 radical (unpaired) electrons. The second kappa shape index (κ2) is 12.7. The number of unbranched alkanes of at least 4 members (excludes halogenated alkanes) is 1. The number of nitrogens with one attached hydrogen (secondary N) is 1. The van der Waals surface area contributed by atoms with Crippen molar-refractivity contribution in [2.45, 2.75) is 59.5 Å². The highest BCUT2D eigenvalue weighted by atomic mass is 19.1. The summed E-state index contributed by atoms with van der Waals surface area (Å²) in [5.74, 6) is -0.139. The van der Waals surface area contributed by atoms with Crippen LogP contribution in [0.1, 0.15) is 64.1 Å². The minimum Gasteiger partial charge on any atom is -0.450 e. The maximum Gasteiger partial charge on any atom is 0.407 e. The number of amides is 1. The van der Waals surface area contributed by atoms with Crippen LogP contribution >= 0.6 is 0 Å². The lowest BCUT2D eigenvalue weighted by atomic mass is 9.95. The minimum absolute atomic E-state index is 0.204. The molecule has 8 heteroatoms. The van der Waals surface area contributed by atoms with Gasteiger partial charge in [0, 0.05) is 30.3 Å². The second-order valence-corrected chi connectivity index (χ2v) is 10.1. The van der Waals surface area contributed by atoms with Crippen molar-refractivity contribution < 1.29 is 13.9 Å². The van der Waals surface area contributed by atoms with Gasteiger partial charge in [-0.1, -0.05) is 24.8 Å². The summed E-state index contributed by atoms with van der Waals surface area (Å²) >= 11 is 0. The number of aliphatic imine (C=N–C) groups is 2. The van der Waals surface area contributed by atoms with E-state index in [-0.39, 0.29) is 11.7 Å². The molecule has 2 heterocycles. The number of allylic oxidation sites excluding steroid dienone is 2. The molecule has 0 saturated heterocycles. The van der Waals surface area contributed by atoms with Gasteiger partial charge in [0.15, 0.2) is 0 Å². The Morgan fingerprint density at radius 1 is 1.23 bits per heavy atom. The molecule has 0 bridgehead atoms. The quantitative estimate of drug-likeness (QED) is 0.210. The zero-order valence-corrected chi connectivity index (χ0v) is 23.1. The monoisotopic (exact) mass is 529 g/mol. The molecule has 39 heavy (non-hydrogen) atoms. The first-order chi connectivity index (χ1) is 18.7. The average molecular weight is 530 g/mol. The van der Waals surface area contributed by atoms with E-state index in [4.69, 9.17) is 4.74 Å². The number of imidazole rings is 1. The number of carbonyl (C=O) groups excluding carboxylic acids is 1. The number of halogens is 1. The van der Waals surface area contributed by atoms with Crippen LogP contribution in [0.4, 0.5) is 9.18 Å². The van der Waals surface area contributed by atoms with E-state index in [0.717, 1.165) is 47.1 Å². The summed E-state index contributed by atoms with van der Waals surface area (Å²) in [6.07, 6.45) is 5.91. The Labute approximate surface area is 229 Å². The maximum absolute atomic E-state index is 14.0. The van der Waals surface area contributed by atoms with Crippen LogP contribution < -0.4 is 5.32 Å². The van der Waals surface area contributed by atoms with Gasteiger partial charge in [0.05, 0.1) is 41.1 Å². The minimum atomic E-state index is -0.421. The molecule has 2 aromatic carbocycles. The Balaban J connectivity index is 1.19. The van der Waals surface area contributed by atoms with Crippen molar-refractivity contribution in [2.75, 3.05) is 6.61 Å². The molecule has 0 aliphatic carbocycles. The molecule has 0 spiro atoms. The van der Waals surface area contributed by atoms with Gasteiger partial charge in [-0.2, -0.15) is 0 Å². The van der Waals surface area contributed by atoms with Crippen molar-refractivity contribution in [1.29, 1.82) is 0 Å². The first kappa shape index (κ1) is 28.0. The van der Waals surface area contributed by atoms with E-state index in [1.165, 1.54) is 6.07 Å². The third-order valence-corrected chi connectivity index (χ3v) is 6.92. The molecule has 1 unspecified atom stereocenters. The molecule has 0 fully saturated rings. The summed E-state index contributed by atoms with van der Waals surface area (Å²) in [5, 5.41) is 2.83. The molecule has 1 atom stereocenters.